The number of carbonyl (C=O) groups excluding carboxylic acids is 2. The summed E-state index contributed by atoms with van der Waals surface area (Å²) in [7, 11) is 0. The van der Waals surface area contributed by atoms with Crippen molar-refractivity contribution in [1.29, 1.82) is 0 Å². The Balaban J connectivity index is 0.00000363. The van der Waals surface area contributed by atoms with Gasteiger partial charge in [0.1, 0.15) is 6.04 Å². The van der Waals surface area contributed by atoms with Crippen LogP contribution in [0.1, 0.15) is 51.4 Å². The molecule has 4 N–H and O–H groups in total. The summed E-state index contributed by atoms with van der Waals surface area (Å²) in [5, 5.41) is 13.1. The second-order valence-corrected chi connectivity index (χ2v) is 10.2. The minimum Gasteiger partial charge on any atom is -0.391 e. The van der Waals surface area contributed by atoms with Crippen LogP contribution in [0.15, 0.2) is 29.8 Å². The van der Waals surface area contributed by atoms with Crippen LogP contribution in [-0.4, -0.2) is 51.5 Å². The average molecular weight is 481 g/mol. The van der Waals surface area contributed by atoms with Crippen molar-refractivity contribution in [1.82, 2.24) is 15.2 Å². The van der Waals surface area contributed by atoms with Gasteiger partial charge in [0.15, 0.2) is 0 Å². The maximum absolute atomic E-state index is 13.0. The largest absolute Gasteiger partial charge is 0.391 e. The number of nitrogens with one attached hydrogen (secondary N) is 1. The summed E-state index contributed by atoms with van der Waals surface area (Å²) in [6.07, 6.45) is -0.519. The molecule has 9 heteroatoms. The predicted octanol–water partition coefficient (Wildman–Crippen LogP) is 3.05. The van der Waals surface area contributed by atoms with Crippen LogP contribution in [0.4, 0.5) is 0 Å². The Hall–Kier alpha value is -2.00. The lowest BCUT2D eigenvalue weighted by Gasteiger charge is -2.32. The molecule has 32 heavy (non-hydrogen) atoms. The third kappa shape index (κ3) is 5.67. The molecule has 0 aliphatic carbocycles. The van der Waals surface area contributed by atoms with Gasteiger partial charge < -0.3 is 21.1 Å². The van der Waals surface area contributed by atoms with Gasteiger partial charge in [-0.3, -0.25) is 9.59 Å². The number of amides is 2. The van der Waals surface area contributed by atoms with E-state index in [4.69, 9.17) is 5.73 Å². The molecule has 1 aliphatic heterocycles. The zero-order valence-corrected chi connectivity index (χ0v) is 20.8. The summed E-state index contributed by atoms with van der Waals surface area (Å²) in [6, 6.07) is 6.32. The Morgan fingerprint density at radius 1 is 1.28 bits per heavy atom. The number of nitrogens with two attached hydrogens (primary N) is 1. The molecule has 2 amide bonds. The number of likely N-dealkylation sites (tertiary alicyclic amines) is 1. The molecule has 176 valence electrons. The molecule has 7 nitrogen and oxygen atoms in total. The number of aromatic nitrogens is 1. The third-order valence-electron chi connectivity index (χ3n) is 5.84. The highest BCUT2D eigenvalue weighted by Crippen LogP contribution is 2.29. The van der Waals surface area contributed by atoms with Gasteiger partial charge in [-0.2, -0.15) is 0 Å². The van der Waals surface area contributed by atoms with Crippen LogP contribution in [-0.2, 0) is 9.59 Å². The van der Waals surface area contributed by atoms with E-state index in [9.17, 15) is 14.7 Å². The van der Waals surface area contributed by atoms with Gasteiger partial charge in [0.25, 0.3) is 0 Å². The molecule has 3 rings (SSSR count). The molecule has 1 fully saturated rings. The van der Waals surface area contributed by atoms with E-state index in [1.165, 1.54) is 4.90 Å². The maximum Gasteiger partial charge on any atom is 0.243 e. The molecule has 2 heterocycles. The van der Waals surface area contributed by atoms with Gasteiger partial charge in [-0.1, -0.05) is 45.0 Å². The molecule has 4 atom stereocenters. The van der Waals surface area contributed by atoms with Crippen molar-refractivity contribution in [2.45, 2.75) is 65.3 Å². The second-order valence-electron chi connectivity index (χ2n) is 9.36. The summed E-state index contributed by atoms with van der Waals surface area (Å²) in [5.74, 6) is -0.581. The molecule has 1 aromatic heterocycles. The van der Waals surface area contributed by atoms with Crippen molar-refractivity contribution in [3.63, 3.8) is 0 Å². The van der Waals surface area contributed by atoms with Crippen molar-refractivity contribution in [2.24, 2.45) is 11.1 Å². The zero-order valence-electron chi connectivity index (χ0n) is 19.2. The van der Waals surface area contributed by atoms with Crippen molar-refractivity contribution in [3.05, 3.63) is 41.0 Å². The summed E-state index contributed by atoms with van der Waals surface area (Å²) in [4.78, 5) is 32.7. The molecule has 0 radical (unpaired) electrons. The van der Waals surface area contributed by atoms with Gasteiger partial charge >= 0.3 is 0 Å². The van der Waals surface area contributed by atoms with Gasteiger partial charge in [-0.15, -0.1) is 23.7 Å². The Labute approximate surface area is 199 Å². The van der Waals surface area contributed by atoms with E-state index < -0.39 is 23.6 Å². The van der Waals surface area contributed by atoms with Crippen LogP contribution in [0.3, 0.4) is 0 Å². The minimum absolute atomic E-state index is 0. The Bertz CT molecular complexity index is 941. The first-order chi connectivity index (χ1) is 14.5. The normalized spacial score (nSPS) is 20.4. The lowest BCUT2D eigenvalue weighted by Crippen LogP contribution is -2.55. The SMILES string of the molecule is Cc1ncsc1-c1ccc([C@H](C)NC(=O)C2C[C@@H](O)CN2C(=O)C(N)C(C)(C)C)cc1.Cl. The van der Waals surface area contributed by atoms with Crippen LogP contribution >= 0.6 is 23.7 Å². The van der Waals surface area contributed by atoms with Crippen LogP contribution < -0.4 is 11.1 Å². The fourth-order valence-electron chi connectivity index (χ4n) is 3.75. The fourth-order valence-corrected chi connectivity index (χ4v) is 4.56. The van der Waals surface area contributed by atoms with Gasteiger partial charge in [0, 0.05) is 13.0 Å². The molecular weight excluding hydrogens is 448 g/mol. The van der Waals surface area contributed by atoms with E-state index in [1.54, 1.807) is 11.3 Å². The monoisotopic (exact) mass is 480 g/mol. The van der Waals surface area contributed by atoms with Crippen molar-refractivity contribution in [3.8, 4) is 10.4 Å². The molecule has 0 bridgehead atoms. The molecule has 1 aromatic carbocycles. The number of carbonyl (C=O) groups is 2. The van der Waals surface area contributed by atoms with E-state index in [-0.39, 0.29) is 43.2 Å². The number of rotatable bonds is 5. The van der Waals surface area contributed by atoms with Gasteiger partial charge in [0.05, 0.1) is 34.3 Å². The number of hydrogen-bond donors (Lipinski definition) is 3. The summed E-state index contributed by atoms with van der Waals surface area (Å²) < 4.78 is 0. The molecule has 0 saturated carbocycles. The Morgan fingerprint density at radius 2 is 1.91 bits per heavy atom. The number of benzene rings is 1. The maximum atomic E-state index is 13.0. The van der Waals surface area contributed by atoms with Crippen molar-refractivity contribution in [2.75, 3.05) is 6.54 Å². The Morgan fingerprint density at radius 3 is 2.44 bits per heavy atom. The zero-order chi connectivity index (χ0) is 22.9. The molecule has 1 aliphatic rings. The predicted molar refractivity (Wildman–Crippen MR) is 130 cm³/mol. The fraction of sp³-hybridized carbons (Fsp3) is 0.522. The number of nitrogens with zero attached hydrogens (tertiary/aromatic N) is 2. The standard InChI is InChI=1S/C23H32N4O3S.ClH/c1-13(15-6-8-16(9-7-15)19-14(2)25-12-31-19)26-21(29)18-10-17(28)11-27(18)22(30)20(24)23(3,4)5;/h6-9,12-13,17-18,20,28H,10-11,24H2,1-5H3,(H,26,29);1H/t13-,17+,18?,20?;/m0./s1. The van der Waals surface area contributed by atoms with Crippen molar-refractivity contribution < 1.29 is 14.7 Å². The van der Waals surface area contributed by atoms with E-state index in [0.29, 0.717) is 0 Å². The number of halogens is 1. The highest BCUT2D eigenvalue weighted by Gasteiger charge is 2.42. The number of hydrogen-bond acceptors (Lipinski definition) is 6. The lowest BCUT2D eigenvalue weighted by molar-refractivity contribution is -0.141. The minimum atomic E-state index is -0.742. The molecule has 2 aromatic rings. The van der Waals surface area contributed by atoms with E-state index in [1.807, 2.05) is 64.4 Å². The average Bonchev–Trinajstić information content (AvgIpc) is 3.31. The van der Waals surface area contributed by atoms with Crippen LogP contribution in [0.25, 0.3) is 10.4 Å². The van der Waals surface area contributed by atoms with Gasteiger partial charge in [0.2, 0.25) is 11.8 Å². The number of β-amino-alcohol motifs (C(OH)–C–C–N with tert-alkyl or cyclic N) is 1. The van der Waals surface area contributed by atoms with Crippen LogP contribution in [0, 0.1) is 12.3 Å². The summed E-state index contributed by atoms with van der Waals surface area (Å²) >= 11 is 1.60. The first kappa shape index (κ1) is 26.3. The van der Waals surface area contributed by atoms with E-state index in [0.717, 1.165) is 21.7 Å². The smallest absolute Gasteiger partial charge is 0.243 e. The number of aryl methyl sites for hydroxylation is 1. The molecule has 0 spiro atoms. The van der Waals surface area contributed by atoms with E-state index in [2.05, 4.69) is 10.3 Å². The topological polar surface area (TPSA) is 109 Å². The summed E-state index contributed by atoms with van der Waals surface area (Å²) in [5.41, 5.74) is 10.6. The highest BCUT2D eigenvalue weighted by molar-refractivity contribution is 7.13. The van der Waals surface area contributed by atoms with Crippen LogP contribution in [0.5, 0.6) is 0 Å². The molecule has 1 saturated heterocycles. The quantitative estimate of drug-likeness (QED) is 0.609. The first-order valence-electron chi connectivity index (χ1n) is 10.5. The van der Waals surface area contributed by atoms with Gasteiger partial charge in [-0.25, -0.2) is 4.98 Å². The van der Waals surface area contributed by atoms with Gasteiger partial charge in [-0.05, 0) is 30.4 Å². The lowest BCUT2D eigenvalue weighted by atomic mass is 9.86. The molecule has 2 unspecified atom stereocenters. The Kier molecular flexibility index (Phi) is 8.44. The van der Waals surface area contributed by atoms with Crippen molar-refractivity contribution >= 4 is 35.6 Å². The number of aliphatic hydroxyl groups is 1. The van der Waals surface area contributed by atoms with Crippen LogP contribution in [0.2, 0.25) is 0 Å². The summed E-state index contributed by atoms with van der Waals surface area (Å²) in [6.45, 7) is 9.67. The van der Waals surface area contributed by atoms with E-state index >= 15 is 0 Å². The second kappa shape index (κ2) is 10.3. The third-order valence-corrected chi connectivity index (χ3v) is 6.82. The first-order valence-corrected chi connectivity index (χ1v) is 11.4. The number of aliphatic hydroxyl groups excluding tert-OH is 1. The highest BCUT2D eigenvalue weighted by atomic mass is 35.5. The number of thiazole rings is 1. The molecular formula is C23H33ClN4O3S.